The van der Waals surface area contributed by atoms with Crippen molar-refractivity contribution in [2.24, 2.45) is 0 Å². The second-order valence-electron chi connectivity index (χ2n) is 3.53. The number of fused-ring (bicyclic) bond motifs is 1. The minimum absolute atomic E-state index is 0.0450. The topological polar surface area (TPSA) is 117 Å². The molecule has 18 heavy (non-hydrogen) atoms. The van der Waals surface area contributed by atoms with Gasteiger partial charge in [0, 0.05) is 0 Å². The van der Waals surface area contributed by atoms with Gasteiger partial charge in [-0.25, -0.2) is 4.57 Å². The van der Waals surface area contributed by atoms with Crippen LogP contribution in [0.5, 0.6) is 5.75 Å². The molecular formula is C10H9O7P. The van der Waals surface area contributed by atoms with E-state index in [1.165, 1.54) is 18.2 Å². The van der Waals surface area contributed by atoms with E-state index < -0.39 is 19.9 Å². The highest BCUT2D eigenvalue weighted by Crippen LogP contribution is 2.36. The minimum atomic E-state index is -4.65. The number of rotatable bonds is 3. The first kappa shape index (κ1) is 12.8. The lowest BCUT2D eigenvalue weighted by molar-refractivity contribution is 0.187. The van der Waals surface area contributed by atoms with Gasteiger partial charge in [0.2, 0.25) is 0 Å². The Bertz CT molecular complexity index is 684. The summed E-state index contributed by atoms with van der Waals surface area (Å²) in [7, 11) is -4.65. The van der Waals surface area contributed by atoms with Crippen molar-refractivity contribution in [2.75, 3.05) is 0 Å². The number of phosphoric acid groups is 1. The van der Waals surface area contributed by atoms with Gasteiger partial charge >= 0.3 is 7.82 Å². The van der Waals surface area contributed by atoms with Crippen molar-refractivity contribution in [2.45, 2.75) is 6.61 Å². The normalized spacial score (nSPS) is 11.9. The Balaban J connectivity index is 2.45. The summed E-state index contributed by atoms with van der Waals surface area (Å²) in [6.45, 7) is -0.571. The van der Waals surface area contributed by atoms with Crippen LogP contribution in [0.1, 0.15) is 5.56 Å². The molecule has 0 saturated heterocycles. The number of phenols is 1. The maximum Gasteiger partial charge on any atom is 0.469 e. The molecule has 0 amide bonds. The van der Waals surface area contributed by atoms with E-state index in [0.29, 0.717) is 0 Å². The molecule has 1 heterocycles. The van der Waals surface area contributed by atoms with Gasteiger partial charge in [0.05, 0.1) is 17.6 Å². The van der Waals surface area contributed by atoms with E-state index in [9.17, 15) is 14.5 Å². The van der Waals surface area contributed by atoms with Crippen LogP contribution in [0.25, 0.3) is 11.0 Å². The largest absolute Gasteiger partial charge is 0.508 e. The monoisotopic (exact) mass is 272 g/mol. The molecule has 0 unspecified atom stereocenters. The van der Waals surface area contributed by atoms with Gasteiger partial charge in [0.1, 0.15) is 17.6 Å². The maximum absolute atomic E-state index is 11.9. The molecule has 2 aromatic rings. The third-order valence-electron chi connectivity index (χ3n) is 2.22. The smallest absolute Gasteiger partial charge is 0.469 e. The molecular weight excluding hydrogens is 263 g/mol. The third-order valence-corrected chi connectivity index (χ3v) is 2.68. The van der Waals surface area contributed by atoms with E-state index in [2.05, 4.69) is 4.52 Å². The molecule has 1 aromatic heterocycles. The molecule has 96 valence electrons. The highest BCUT2D eigenvalue weighted by Gasteiger charge is 2.16. The van der Waals surface area contributed by atoms with Crippen molar-refractivity contribution >= 4 is 18.8 Å². The summed E-state index contributed by atoms with van der Waals surface area (Å²) in [6.07, 6.45) is 1.07. The van der Waals surface area contributed by atoms with Crippen molar-refractivity contribution in [1.29, 1.82) is 0 Å². The second-order valence-corrected chi connectivity index (χ2v) is 4.77. The summed E-state index contributed by atoms with van der Waals surface area (Å²) in [5.41, 5.74) is -0.297. The van der Waals surface area contributed by atoms with Gasteiger partial charge in [0.15, 0.2) is 5.43 Å². The number of phenolic OH excluding ortho intramolecular Hbond substituents is 1. The molecule has 0 spiro atoms. The molecule has 0 saturated carbocycles. The quantitative estimate of drug-likeness (QED) is 0.716. The zero-order valence-corrected chi connectivity index (χ0v) is 9.83. The molecule has 2 rings (SSSR count). The first-order valence-corrected chi connectivity index (χ1v) is 6.33. The van der Waals surface area contributed by atoms with Crippen LogP contribution in [0.2, 0.25) is 0 Å². The summed E-state index contributed by atoms with van der Waals surface area (Å²) >= 11 is 0. The molecule has 0 fully saturated rings. The predicted octanol–water partition coefficient (Wildman–Crippen LogP) is 1.11. The number of aromatic hydroxyl groups is 1. The van der Waals surface area contributed by atoms with Crippen LogP contribution >= 0.6 is 7.82 Å². The van der Waals surface area contributed by atoms with Crippen LogP contribution in [-0.2, 0) is 15.7 Å². The highest BCUT2D eigenvalue weighted by molar-refractivity contribution is 7.46. The van der Waals surface area contributed by atoms with Crippen molar-refractivity contribution in [3.05, 3.63) is 40.2 Å². The first-order chi connectivity index (χ1) is 8.37. The zero-order valence-electron chi connectivity index (χ0n) is 8.94. The number of benzene rings is 1. The SMILES string of the molecule is O=c1c(COP(=O)(O)O)coc2ccc(O)cc12. The zero-order chi connectivity index (χ0) is 13.3. The minimum Gasteiger partial charge on any atom is -0.508 e. The Kier molecular flexibility index (Phi) is 3.23. The fourth-order valence-electron chi connectivity index (χ4n) is 1.41. The van der Waals surface area contributed by atoms with E-state index in [0.717, 1.165) is 6.26 Å². The summed E-state index contributed by atoms with van der Waals surface area (Å²) in [6, 6.07) is 3.99. The van der Waals surface area contributed by atoms with Gasteiger partial charge in [0.25, 0.3) is 0 Å². The molecule has 1 aromatic carbocycles. The summed E-state index contributed by atoms with van der Waals surface area (Å²) in [4.78, 5) is 29.0. The summed E-state index contributed by atoms with van der Waals surface area (Å²) in [5.74, 6) is -0.108. The van der Waals surface area contributed by atoms with Crippen LogP contribution in [0.3, 0.4) is 0 Å². The van der Waals surface area contributed by atoms with Crippen molar-refractivity contribution in [1.82, 2.24) is 0 Å². The molecule has 0 bridgehead atoms. The van der Waals surface area contributed by atoms with Crippen LogP contribution in [0, 0.1) is 0 Å². The average molecular weight is 272 g/mol. The summed E-state index contributed by atoms with van der Waals surface area (Å²) in [5, 5.41) is 9.38. The van der Waals surface area contributed by atoms with Gasteiger partial charge in [-0.3, -0.25) is 9.32 Å². The third kappa shape index (κ3) is 2.77. The van der Waals surface area contributed by atoms with Crippen LogP contribution in [0.4, 0.5) is 0 Å². The lowest BCUT2D eigenvalue weighted by Gasteiger charge is -2.05. The number of hydrogen-bond donors (Lipinski definition) is 3. The van der Waals surface area contributed by atoms with Crippen molar-refractivity contribution in [3.8, 4) is 5.75 Å². The lowest BCUT2D eigenvalue weighted by Crippen LogP contribution is -2.09. The van der Waals surface area contributed by atoms with E-state index >= 15 is 0 Å². The Morgan fingerprint density at radius 3 is 2.72 bits per heavy atom. The van der Waals surface area contributed by atoms with Crippen molar-refractivity contribution in [3.63, 3.8) is 0 Å². The van der Waals surface area contributed by atoms with Crippen LogP contribution < -0.4 is 5.43 Å². The molecule has 0 aliphatic rings. The number of hydrogen-bond acceptors (Lipinski definition) is 5. The first-order valence-electron chi connectivity index (χ1n) is 4.80. The average Bonchev–Trinajstić information content (AvgIpc) is 2.28. The fraction of sp³-hybridized carbons (Fsp3) is 0.100. The van der Waals surface area contributed by atoms with E-state index in [-0.39, 0.29) is 22.3 Å². The molecule has 0 aliphatic heterocycles. The molecule has 0 atom stereocenters. The second kappa shape index (κ2) is 4.55. The summed E-state index contributed by atoms with van der Waals surface area (Å²) < 4.78 is 19.9. The van der Waals surface area contributed by atoms with Gasteiger partial charge < -0.3 is 19.3 Å². The molecule has 8 heteroatoms. The van der Waals surface area contributed by atoms with Gasteiger partial charge in [-0.1, -0.05) is 0 Å². The highest BCUT2D eigenvalue weighted by atomic mass is 31.2. The van der Waals surface area contributed by atoms with E-state index in [1.807, 2.05) is 0 Å². The molecule has 7 nitrogen and oxygen atoms in total. The van der Waals surface area contributed by atoms with E-state index in [1.54, 1.807) is 0 Å². The van der Waals surface area contributed by atoms with Crippen LogP contribution in [0.15, 0.2) is 33.7 Å². The standard InChI is InChI=1S/C10H9O7P/c11-7-1-2-9-8(3-7)10(12)6(4-16-9)5-17-18(13,14)15/h1-4,11H,5H2,(H2,13,14,15). The maximum atomic E-state index is 11.9. The van der Waals surface area contributed by atoms with Gasteiger partial charge in [-0.15, -0.1) is 0 Å². The fourth-order valence-corrected chi connectivity index (χ4v) is 1.72. The van der Waals surface area contributed by atoms with E-state index in [4.69, 9.17) is 14.2 Å². The van der Waals surface area contributed by atoms with Crippen molar-refractivity contribution < 1.29 is 28.4 Å². The molecule has 0 radical (unpaired) electrons. The van der Waals surface area contributed by atoms with Crippen LogP contribution in [-0.4, -0.2) is 14.9 Å². The predicted molar refractivity (Wildman–Crippen MR) is 61.0 cm³/mol. The Morgan fingerprint density at radius 1 is 1.33 bits per heavy atom. The lowest BCUT2D eigenvalue weighted by atomic mass is 10.2. The van der Waals surface area contributed by atoms with Gasteiger partial charge in [-0.05, 0) is 18.2 Å². The Labute approximate surface area is 100 Å². The Morgan fingerprint density at radius 2 is 2.06 bits per heavy atom. The van der Waals surface area contributed by atoms with Gasteiger partial charge in [-0.2, -0.15) is 0 Å². The Hall–Kier alpha value is -1.66. The molecule has 3 N–H and O–H groups in total. The number of phosphoric ester groups is 1. The molecule has 0 aliphatic carbocycles.